The molecule has 5 atom stereocenters. The zero-order chi connectivity index (χ0) is 75.2. The maximum atomic E-state index is 13.0. The zero-order valence-electron chi connectivity index (χ0n) is 65.0. The smallest absolute Gasteiger partial charge is 0.463 e. The number of hydrogen-bond acceptors (Lipinski definition) is 14. The number of unbranched alkanes of at least 4 members (excludes halogenated alkanes) is 34. The summed E-state index contributed by atoms with van der Waals surface area (Å²) in [5, 5.41) is 20.6. The topological polar surface area (TPSA) is 231 Å². The van der Waals surface area contributed by atoms with Crippen LogP contribution >= 0.6 is 15.6 Å². The minimum absolute atomic E-state index is 0.0854. The first-order valence-electron chi connectivity index (χ1n) is 40.8. The summed E-state index contributed by atoms with van der Waals surface area (Å²) in [4.78, 5) is 58.6. The van der Waals surface area contributed by atoms with E-state index in [0.717, 1.165) is 148 Å². The van der Waals surface area contributed by atoms with Gasteiger partial charge in [0.2, 0.25) is 0 Å². The van der Waals surface area contributed by atoms with Crippen molar-refractivity contribution in [1.82, 2.24) is 0 Å². The average Bonchev–Trinajstić information content (AvgIpc) is 0.935. The molecule has 0 bridgehead atoms. The molecule has 0 aliphatic carbocycles. The van der Waals surface area contributed by atoms with E-state index in [1.165, 1.54) is 135 Å². The van der Waals surface area contributed by atoms with E-state index < -0.39 is 91.5 Å². The monoisotopic (exact) mass is 1490 g/mol. The number of phosphoric acid groups is 2. The standard InChI is InChI=1S/C85H148O16P2/c1-4-7-10-13-16-19-22-25-27-29-31-33-35-37-38-39-40-42-44-45-47-49-51-54-56-59-62-65-68-71-83(88)95-74-80(86)75-97-102(91,92)98-76-81(87)77-99-103(93,94)100-79-82(101-85(90)73-70-67-64-61-58-53-24-21-18-15-12-9-6-3)78-96-84(89)72-69-66-63-60-57-55-52-50-48-46-43-41-36-34-32-30-28-26-23-20-17-14-11-8-5-2/h12,15-17,19-21,24-28,31-34,37-38,41,43,80-82,86-87H,4-11,13-14,18,22-23,29-30,35-36,39-40,42,44-79H2,1-3H3,(H,91,92)(H,93,94)/b15-12-,19-16-,20-17-,24-21-,27-25-,28-26-,33-31-,34-32-,38-37-,43-41-. The lowest BCUT2D eigenvalue weighted by Crippen LogP contribution is -2.30. The molecular formula is C85H148O16P2. The summed E-state index contributed by atoms with van der Waals surface area (Å²) in [7, 11) is -9.79. The minimum Gasteiger partial charge on any atom is -0.463 e. The van der Waals surface area contributed by atoms with Crippen LogP contribution in [0.5, 0.6) is 0 Å². The van der Waals surface area contributed by atoms with Crippen LogP contribution in [-0.4, -0.2) is 95.9 Å². The highest BCUT2D eigenvalue weighted by molar-refractivity contribution is 7.47. The maximum absolute atomic E-state index is 13.0. The fourth-order valence-electron chi connectivity index (χ4n) is 10.9. The molecule has 0 aliphatic rings. The summed E-state index contributed by atoms with van der Waals surface area (Å²) in [6.45, 7) is 2.56. The Labute approximate surface area is 627 Å². The number of aliphatic hydroxyl groups is 2. The first-order chi connectivity index (χ1) is 50.2. The molecule has 4 N–H and O–H groups in total. The first-order valence-corrected chi connectivity index (χ1v) is 43.8. The zero-order valence-corrected chi connectivity index (χ0v) is 66.7. The maximum Gasteiger partial charge on any atom is 0.472 e. The molecule has 0 aromatic carbocycles. The number of aliphatic hydroxyl groups excluding tert-OH is 2. The largest absolute Gasteiger partial charge is 0.472 e. The number of carbonyl (C=O) groups excluding carboxylic acids is 3. The number of esters is 3. The second-order valence-electron chi connectivity index (χ2n) is 27.2. The van der Waals surface area contributed by atoms with Crippen molar-refractivity contribution in [3.63, 3.8) is 0 Å². The summed E-state index contributed by atoms with van der Waals surface area (Å²) in [5.41, 5.74) is 0. The Bertz CT molecular complexity index is 2360. The Morgan fingerprint density at radius 2 is 0.505 bits per heavy atom. The summed E-state index contributed by atoms with van der Waals surface area (Å²) in [5.74, 6) is -1.59. The third-order valence-corrected chi connectivity index (χ3v) is 19.0. The number of hydrogen-bond donors (Lipinski definition) is 4. The molecule has 16 nitrogen and oxygen atoms in total. The average molecular weight is 1490 g/mol. The highest BCUT2D eigenvalue weighted by Crippen LogP contribution is 2.45. The van der Waals surface area contributed by atoms with Crippen LogP contribution in [0.1, 0.15) is 342 Å². The van der Waals surface area contributed by atoms with Crippen LogP contribution in [0.4, 0.5) is 0 Å². The molecule has 0 saturated heterocycles. The molecule has 0 spiro atoms. The van der Waals surface area contributed by atoms with Gasteiger partial charge in [0.25, 0.3) is 0 Å². The fraction of sp³-hybridized carbons (Fsp3) is 0.729. The predicted molar refractivity (Wildman–Crippen MR) is 427 cm³/mol. The van der Waals surface area contributed by atoms with Crippen LogP contribution in [0.15, 0.2) is 122 Å². The van der Waals surface area contributed by atoms with Gasteiger partial charge < -0.3 is 34.2 Å². The molecule has 0 aliphatic heterocycles. The Balaban J connectivity index is 4.49. The molecule has 594 valence electrons. The molecule has 0 aromatic heterocycles. The Morgan fingerprint density at radius 3 is 0.806 bits per heavy atom. The number of allylic oxidation sites excluding steroid dienone is 20. The van der Waals surface area contributed by atoms with E-state index in [0.29, 0.717) is 19.3 Å². The Morgan fingerprint density at radius 1 is 0.272 bits per heavy atom. The van der Waals surface area contributed by atoms with Crippen LogP contribution in [0.3, 0.4) is 0 Å². The summed E-state index contributed by atoms with van der Waals surface area (Å²) in [6, 6.07) is 0. The van der Waals surface area contributed by atoms with E-state index in [2.05, 4.69) is 142 Å². The quantitative estimate of drug-likeness (QED) is 0.0146. The number of phosphoric ester groups is 2. The third kappa shape index (κ3) is 78.8. The van der Waals surface area contributed by atoms with Gasteiger partial charge in [-0.05, 0) is 135 Å². The van der Waals surface area contributed by atoms with Gasteiger partial charge >= 0.3 is 33.6 Å². The van der Waals surface area contributed by atoms with Gasteiger partial charge in [-0.3, -0.25) is 32.5 Å². The predicted octanol–water partition coefficient (Wildman–Crippen LogP) is 24.1. The Kier molecular flexibility index (Phi) is 74.5. The second-order valence-corrected chi connectivity index (χ2v) is 30.1. The van der Waals surface area contributed by atoms with Gasteiger partial charge in [0.1, 0.15) is 25.4 Å². The highest BCUT2D eigenvalue weighted by atomic mass is 31.2. The minimum atomic E-state index is -4.94. The molecular weight excluding hydrogens is 1340 g/mol. The molecule has 0 fully saturated rings. The van der Waals surface area contributed by atoms with Crippen molar-refractivity contribution >= 4 is 33.6 Å². The normalized spacial score (nSPS) is 14.6. The highest BCUT2D eigenvalue weighted by Gasteiger charge is 2.29. The summed E-state index contributed by atoms with van der Waals surface area (Å²) < 4.78 is 61.1. The van der Waals surface area contributed by atoms with Gasteiger partial charge in [0, 0.05) is 19.3 Å². The third-order valence-electron chi connectivity index (χ3n) is 17.1. The van der Waals surface area contributed by atoms with Gasteiger partial charge in [-0.25, -0.2) is 9.13 Å². The van der Waals surface area contributed by atoms with E-state index in [-0.39, 0.29) is 19.3 Å². The van der Waals surface area contributed by atoms with Crippen molar-refractivity contribution in [3.8, 4) is 0 Å². The van der Waals surface area contributed by atoms with Crippen LogP contribution in [0.2, 0.25) is 0 Å². The van der Waals surface area contributed by atoms with Crippen LogP contribution in [-0.2, 0) is 55.8 Å². The summed E-state index contributed by atoms with van der Waals surface area (Å²) >= 11 is 0. The van der Waals surface area contributed by atoms with Gasteiger partial charge in [-0.1, -0.05) is 309 Å². The lowest BCUT2D eigenvalue weighted by atomic mass is 10.0. The van der Waals surface area contributed by atoms with Crippen LogP contribution < -0.4 is 0 Å². The van der Waals surface area contributed by atoms with Gasteiger partial charge in [-0.2, -0.15) is 0 Å². The number of ether oxygens (including phenoxy) is 3. The van der Waals surface area contributed by atoms with E-state index in [9.17, 15) is 43.5 Å². The SMILES string of the molecule is CCC/C=C\C/C=C\CCCCCCCC(=O)OC(COC(=O)CCCCCCCCCCC/C=C\C/C=C\C/C=C\C/C=C\CCCCC)COP(=O)(O)OCC(O)COP(=O)(O)OCC(O)COC(=O)CCCCCCCCCCCCCCC/C=C\C/C=C\C/C=C\C/C=C\CCCCC. The van der Waals surface area contributed by atoms with Crippen LogP contribution in [0.25, 0.3) is 0 Å². The van der Waals surface area contributed by atoms with Crippen LogP contribution in [0, 0.1) is 0 Å². The van der Waals surface area contributed by atoms with E-state index >= 15 is 0 Å². The molecule has 0 radical (unpaired) electrons. The molecule has 0 rings (SSSR count). The molecule has 18 heteroatoms. The van der Waals surface area contributed by atoms with Gasteiger partial charge in [-0.15, -0.1) is 0 Å². The van der Waals surface area contributed by atoms with Crippen molar-refractivity contribution in [2.75, 3.05) is 39.6 Å². The van der Waals surface area contributed by atoms with Crippen molar-refractivity contribution < 1.29 is 75.8 Å². The molecule has 0 aromatic rings. The Hall–Kier alpha value is -4.05. The van der Waals surface area contributed by atoms with Gasteiger partial charge in [0.15, 0.2) is 6.10 Å². The lowest BCUT2D eigenvalue weighted by molar-refractivity contribution is -0.161. The first kappa shape index (κ1) is 98.9. The summed E-state index contributed by atoms with van der Waals surface area (Å²) in [6.07, 6.45) is 92.5. The fourth-order valence-corrected chi connectivity index (χ4v) is 12.5. The van der Waals surface area contributed by atoms with Crippen molar-refractivity contribution in [2.24, 2.45) is 0 Å². The molecule has 0 saturated carbocycles. The van der Waals surface area contributed by atoms with Gasteiger partial charge in [0.05, 0.1) is 26.4 Å². The number of carbonyl (C=O) groups is 3. The van der Waals surface area contributed by atoms with E-state index in [4.69, 9.17) is 32.3 Å². The molecule has 0 heterocycles. The van der Waals surface area contributed by atoms with E-state index in [1.807, 2.05) is 0 Å². The van der Waals surface area contributed by atoms with Crippen molar-refractivity contribution in [1.29, 1.82) is 0 Å². The molecule has 0 amide bonds. The lowest BCUT2D eigenvalue weighted by Gasteiger charge is -2.21. The molecule has 5 unspecified atom stereocenters. The number of rotatable bonds is 77. The van der Waals surface area contributed by atoms with E-state index in [1.54, 1.807) is 0 Å². The second kappa shape index (κ2) is 77.6. The van der Waals surface area contributed by atoms with Crippen molar-refractivity contribution in [2.45, 2.75) is 360 Å². The molecule has 103 heavy (non-hydrogen) atoms. The van der Waals surface area contributed by atoms with Crippen molar-refractivity contribution in [3.05, 3.63) is 122 Å².